The molecule has 0 bridgehead atoms. The fourth-order valence-electron chi connectivity index (χ4n) is 3.70. The van der Waals surface area contributed by atoms with Gasteiger partial charge in [-0.1, -0.05) is 11.6 Å². The number of nitrogens with one attached hydrogen (secondary N) is 1. The lowest BCUT2D eigenvalue weighted by Gasteiger charge is -2.56. The van der Waals surface area contributed by atoms with Crippen LogP contribution in [0.4, 0.5) is 0 Å². The number of nitrogens with zero attached hydrogens (tertiary/aromatic N) is 1. The van der Waals surface area contributed by atoms with Crippen LogP contribution in [0.3, 0.4) is 0 Å². The maximum atomic E-state index is 12.5. The van der Waals surface area contributed by atoms with Gasteiger partial charge in [0.1, 0.15) is 5.02 Å². The summed E-state index contributed by atoms with van der Waals surface area (Å²) in [6, 6.07) is 1.40. The Kier molecular flexibility index (Phi) is 4.49. The number of amides is 1. The molecule has 126 valence electrons. The van der Waals surface area contributed by atoms with Crippen molar-refractivity contribution in [1.29, 1.82) is 0 Å². The molecule has 2 N–H and O–H groups in total. The first-order chi connectivity index (χ1) is 11.0. The minimum Gasteiger partial charge on any atom is -0.392 e. The van der Waals surface area contributed by atoms with Gasteiger partial charge in [0, 0.05) is 37.7 Å². The predicted molar refractivity (Wildman–Crippen MR) is 85.7 cm³/mol. The van der Waals surface area contributed by atoms with Crippen molar-refractivity contribution in [1.82, 2.24) is 9.88 Å². The van der Waals surface area contributed by atoms with Gasteiger partial charge in [-0.2, -0.15) is 0 Å². The minimum absolute atomic E-state index is 0.00940. The van der Waals surface area contributed by atoms with Crippen molar-refractivity contribution in [3.05, 3.63) is 33.2 Å². The summed E-state index contributed by atoms with van der Waals surface area (Å²) in [4.78, 5) is 28.0. The molecule has 1 amide bonds. The Morgan fingerprint density at radius 2 is 2.22 bits per heavy atom. The van der Waals surface area contributed by atoms with Gasteiger partial charge in [-0.3, -0.25) is 9.59 Å². The summed E-state index contributed by atoms with van der Waals surface area (Å²) < 4.78 is 5.73. The van der Waals surface area contributed by atoms with Gasteiger partial charge in [0.25, 0.3) is 11.5 Å². The van der Waals surface area contributed by atoms with E-state index in [0.717, 1.165) is 12.8 Å². The Bertz CT molecular complexity index is 650. The van der Waals surface area contributed by atoms with Crippen LogP contribution in [0.15, 0.2) is 17.1 Å². The van der Waals surface area contributed by atoms with Crippen LogP contribution < -0.4 is 5.56 Å². The number of ether oxygens (including phenoxy) is 1. The first-order valence-electron chi connectivity index (χ1n) is 7.95. The topological polar surface area (TPSA) is 82.6 Å². The Morgan fingerprint density at radius 3 is 2.78 bits per heavy atom. The van der Waals surface area contributed by atoms with Gasteiger partial charge < -0.3 is 19.7 Å². The summed E-state index contributed by atoms with van der Waals surface area (Å²) in [5.74, 6) is -0.153. The molecule has 3 rings (SSSR count). The number of rotatable bonds is 3. The van der Waals surface area contributed by atoms with Crippen LogP contribution in [-0.2, 0) is 4.74 Å². The van der Waals surface area contributed by atoms with E-state index in [1.165, 1.54) is 12.3 Å². The Labute approximate surface area is 139 Å². The number of pyridine rings is 1. The van der Waals surface area contributed by atoms with Gasteiger partial charge in [-0.25, -0.2) is 0 Å². The molecule has 23 heavy (non-hydrogen) atoms. The molecule has 1 aromatic rings. The lowest BCUT2D eigenvalue weighted by Crippen LogP contribution is -2.62. The van der Waals surface area contributed by atoms with Crippen LogP contribution in [0.2, 0.25) is 5.02 Å². The summed E-state index contributed by atoms with van der Waals surface area (Å²) in [5, 5.41) is 10.2. The molecule has 2 fully saturated rings. The Balaban J connectivity index is 1.67. The molecule has 0 aromatic carbocycles. The van der Waals surface area contributed by atoms with Crippen molar-refractivity contribution in [2.45, 2.75) is 38.4 Å². The lowest BCUT2D eigenvalue weighted by atomic mass is 9.58. The molecule has 0 radical (unpaired) electrons. The smallest absolute Gasteiger partial charge is 0.266 e. The molecule has 2 atom stereocenters. The molecule has 1 spiro atoms. The van der Waals surface area contributed by atoms with Gasteiger partial charge in [-0.15, -0.1) is 0 Å². The summed E-state index contributed by atoms with van der Waals surface area (Å²) >= 11 is 5.78. The van der Waals surface area contributed by atoms with E-state index < -0.39 is 5.56 Å². The number of carbonyl (C=O) groups excluding carboxylic acids is 1. The number of aromatic amines is 1. The van der Waals surface area contributed by atoms with Crippen LogP contribution in [0.25, 0.3) is 0 Å². The predicted octanol–water partition coefficient (Wildman–Crippen LogP) is 1.42. The SMILES string of the molecule is CCO[C@H]1C[C@@H](O)C12CCN(C(=O)c1c[nH]c(=O)c(Cl)c1)CC2. The third-order valence-electron chi connectivity index (χ3n) is 5.20. The number of likely N-dealkylation sites (tertiary alicyclic amines) is 1. The number of hydrogen-bond acceptors (Lipinski definition) is 4. The molecule has 1 saturated heterocycles. The van der Waals surface area contributed by atoms with Crippen LogP contribution >= 0.6 is 11.6 Å². The van der Waals surface area contributed by atoms with E-state index in [1.54, 1.807) is 4.90 Å². The zero-order chi connectivity index (χ0) is 16.6. The summed E-state index contributed by atoms with van der Waals surface area (Å²) in [7, 11) is 0. The molecule has 0 unspecified atom stereocenters. The molecule has 1 aromatic heterocycles. The molecule has 2 heterocycles. The average Bonchev–Trinajstić information content (AvgIpc) is 2.57. The Morgan fingerprint density at radius 1 is 1.52 bits per heavy atom. The van der Waals surface area contributed by atoms with Crippen molar-refractivity contribution >= 4 is 17.5 Å². The summed E-state index contributed by atoms with van der Waals surface area (Å²) in [6.07, 6.45) is 3.25. The van der Waals surface area contributed by atoms with Gasteiger partial charge in [-0.05, 0) is 25.8 Å². The quantitative estimate of drug-likeness (QED) is 0.871. The maximum absolute atomic E-state index is 12.5. The lowest BCUT2D eigenvalue weighted by molar-refractivity contribution is -0.207. The number of aromatic nitrogens is 1. The van der Waals surface area contributed by atoms with Crippen LogP contribution in [0, 0.1) is 5.41 Å². The van der Waals surface area contributed by atoms with Crippen molar-refractivity contribution in [2.75, 3.05) is 19.7 Å². The highest BCUT2D eigenvalue weighted by Gasteiger charge is 2.56. The number of H-pyrrole nitrogens is 1. The van der Waals surface area contributed by atoms with E-state index in [-0.39, 0.29) is 28.6 Å². The van der Waals surface area contributed by atoms with Crippen molar-refractivity contribution in [2.24, 2.45) is 5.41 Å². The molecule has 6 nitrogen and oxygen atoms in total. The molecule has 1 aliphatic heterocycles. The summed E-state index contributed by atoms with van der Waals surface area (Å²) in [6.45, 7) is 3.72. The van der Waals surface area contributed by atoms with Gasteiger partial charge in [0.05, 0.1) is 17.8 Å². The van der Waals surface area contributed by atoms with Gasteiger partial charge >= 0.3 is 0 Å². The largest absolute Gasteiger partial charge is 0.392 e. The van der Waals surface area contributed by atoms with E-state index in [1.807, 2.05) is 6.92 Å². The highest BCUT2D eigenvalue weighted by molar-refractivity contribution is 6.30. The zero-order valence-corrected chi connectivity index (χ0v) is 13.8. The van der Waals surface area contributed by atoms with E-state index in [4.69, 9.17) is 16.3 Å². The van der Waals surface area contributed by atoms with Gasteiger partial charge in [0.15, 0.2) is 0 Å². The maximum Gasteiger partial charge on any atom is 0.266 e. The molecular weight excluding hydrogens is 320 g/mol. The first kappa shape index (κ1) is 16.5. The van der Waals surface area contributed by atoms with E-state index in [0.29, 0.717) is 31.7 Å². The van der Waals surface area contributed by atoms with Crippen LogP contribution in [0.1, 0.15) is 36.5 Å². The second-order valence-electron chi connectivity index (χ2n) is 6.29. The highest BCUT2D eigenvalue weighted by atomic mass is 35.5. The molecular formula is C16H21ClN2O4. The normalized spacial score (nSPS) is 26.1. The first-order valence-corrected chi connectivity index (χ1v) is 8.33. The molecule has 1 saturated carbocycles. The minimum atomic E-state index is -0.405. The van der Waals surface area contributed by atoms with E-state index in [9.17, 15) is 14.7 Å². The number of aliphatic hydroxyl groups excluding tert-OH is 1. The monoisotopic (exact) mass is 340 g/mol. The second-order valence-corrected chi connectivity index (χ2v) is 6.69. The fraction of sp³-hybridized carbons (Fsp3) is 0.625. The molecule has 2 aliphatic rings. The van der Waals surface area contributed by atoms with Crippen molar-refractivity contribution < 1.29 is 14.6 Å². The Hall–Kier alpha value is -1.37. The third-order valence-corrected chi connectivity index (χ3v) is 5.48. The van der Waals surface area contributed by atoms with Crippen LogP contribution in [0.5, 0.6) is 0 Å². The third kappa shape index (κ3) is 2.79. The fourth-order valence-corrected chi connectivity index (χ4v) is 3.88. The van der Waals surface area contributed by atoms with Gasteiger partial charge in [0.2, 0.25) is 0 Å². The van der Waals surface area contributed by atoms with Crippen molar-refractivity contribution in [3.63, 3.8) is 0 Å². The van der Waals surface area contributed by atoms with Crippen LogP contribution in [-0.4, -0.2) is 52.8 Å². The van der Waals surface area contributed by atoms with Crippen molar-refractivity contribution in [3.8, 4) is 0 Å². The molecule has 7 heteroatoms. The highest BCUT2D eigenvalue weighted by Crippen LogP contribution is 2.51. The average molecular weight is 341 g/mol. The zero-order valence-electron chi connectivity index (χ0n) is 13.0. The second kappa shape index (κ2) is 6.26. The number of hydrogen-bond donors (Lipinski definition) is 2. The number of piperidine rings is 1. The van der Waals surface area contributed by atoms with E-state index >= 15 is 0 Å². The van der Waals surface area contributed by atoms with E-state index in [2.05, 4.69) is 4.98 Å². The molecule has 1 aliphatic carbocycles. The summed E-state index contributed by atoms with van der Waals surface area (Å²) in [5.41, 5.74) is -0.242. The standard InChI is InChI=1S/C16H21ClN2O4/c1-2-23-13-8-12(20)16(13)3-5-19(6-4-16)15(22)10-7-11(17)14(21)18-9-10/h7,9,12-13,20H,2-6,8H2,1H3,(H,18,21)/t12-,13+/m1/s1. The number of halogens is 1. The number of aliphatic hydroxyl groups is 1. The number of carbonyl (C=O) groups is 1.